The predicted molar refractivity (Wildman–Crippen MR) is 72.9 cm³/mol. The summed E-state index contributed by atoms with van der Waals surface area (Å²) in [6.45, 7) is 4.58. The Labute approximate surface area is 116 Å². The maximum Gasteiger partial charge on any atom is 0.317 e. The Hall–Kier alpha value is -2.15. The molecule has 0 saturated carbocycles. The van der Waals surface area contributed by atoms with Crippen LogP contribution in [0.4, 0.5) is 5.69 Å². The molecule has 0 amide bonds. The summed E-state index contributed by atoms with van der Waals surface area (Å²) >= 11 is 0. The van der Waals surface area contributed by atoms with E-state index in [9.17, 15) is 14.9 Å². The molecule has 0 fully saturated rings. The molecule has 0 bridgehead atoms. The molecule has 7 nitrogen and oxygen atoms in total. The number of aliphatic carboxylic acids is 1. The summed E-state index contributed by atoms with van der Waals surface area (Å²) in [4.78, 5) is 22.5. The van der Waals surface area contributed by atoms with E-state index in [4.69, 9.17) is 9.84 Å². The quantitative estimate of drug-likeness (QED) is 0.577. The van der Waals surface area contributed by atoms with E-state index in [2.05, 4.69) is 0 Å². The molecule has 0 aliphatic heterocycles. The van der Waals surface area contributed by atoms with Gasteiger partial charge in [0, 0.05) is 24.7 Å². The highest BCUT2D eigenvalue weighted by atomic mass is 16.6. The number of non-ortho nitro benzene ring substituents is 1. The zero-order valence-corrected chi connectivity index (χ0v) is 11.5. The van der Waals surface area contributed by atoms with E-state index in [0.717, 1.165) is 0 Å². The lowest BCUT2D eigenvalue weighted by atomic mass is 10.3. The van der Waals surface area contributed by atoms with Crippen molar-refractivity contribution in [1.29, 1.82) is 0 Å². The van der Waals surface area contributed by atoms with Crippen LogP contribution in [-0.2, 0) is 4.79 Å². The molecule has 0 saturated heterocycles. The third kappa shape index (κ3) is 5.23. The van der Waals surface area contributed by atoms with Gasteiger partial charge in [-0.2, -0.15) is 0 Å². The first-order chi connectivity index (χ1) is 9.40. The van der Waals surface area contributed by atoms with Gasteiger partial charge in [0.15, 0.2) is 0 Å². The lowest BCUT2D eigenvalue weighted by molar-refractivity contribution is -0.384. The minimum Gasteiger partial charge on any atom is -0.492 e. The van der Waals surface area contributed by atoms with Crippen LogP contribution in [0, 0.1) is 10.1 Å². The largest absolute Gasteiger partial charge is 0.492 e. The highest BCUT2D eigenvalue weighted by Gasteiger charge is 2.13. The number of nitro benzene ring substituents is 1. The Balaban J connectivity index is 2.46. The van der Waals surface area contributed by atoms with Crippen LogP contribution in [0.2, 0.25) is 0 Å². The first-order valence-electron chi connectivity index (χ1n) is 6.23. The molecular weight excluding hydrogens is 264 g/mol. The number of hydrogen-bond acceptors (Lipinski definition) is 5. The zero-order valence-electron chi connectivity index (χ0n) is 11.5. The fraction of sp³-hybridized carbons (Fsp3) is 0.462. The number of hydrogen-bond donors (Lipinski definition) is 1. The van der Waals surface area contributed by atoms with Crippen molar-refractivity contribution in [3.8, 4) is 5.75 Å². The molecule has 0 heterocycles. The second-order valence-electron chi connectivity index (χ2n) is 4.56. The normalized spacial score (nSPS) is 10.8. The average molecular weight is 282 g/mol. The number of rotatable bonds is 8. The van der Waals surface area contributed by atoms with E-state index >= 15 is 0 Å². The Morgan fingerprint density at radius 2 is 2.00 bits per heavy atom. The molecule has 1 aromatic carbocycles. The van der Waals surface area contributed by atoms with Gasteiger partial charge >= 0.3 is 5.97 Å². The molecule has 1 N–H and O–H groups in total. The van der Waals surface area contributed by atoms with Crippen LogP contribution in [0.5, 0.6) is 5.75 Å². The molecule has 0 radical (unpaired) electrons. The molecule has 1 rings (SSSR count). The minimum atomic E-state index is -0.881. The summed E-state index contributed by atoms with van der Waals surface area (Å²) in [5, 5.41) is 19.3. The molecule has 110 valence electrons. The highest BCUT2D eigenvalue weighted by molar-refractivity contribution is 5.69. The van der Waals surface area contributed by atoms with Crippen LogP contribution in [-0.4, -0.2) is 46.6 Å². The summed E-state index contributed by atoms with van der Waals surface area (Å²) in [5.41, 5.74) is 0.00651. The van der Waals surface area contributed by atoms with Crippen LogP contribution < -0.4 is 4.74 Å². The number of carboxylic acid groups (broad SMARTS) is 1. The Morgan fingerprint density at radius 1 is 1.40 bits per heavy atom. The molecule has 0 atom stereocenters. The standard InChI is InChI=1S/C13H18N2O5/c1-10(2)14(9-13(16)17)7-8-20-12-5-3-11(4-6-12)15(18)19/h3-6,10H,7-9H2,1-2H3,(H,16,17). The van der Waals surface area contributed by atoms with Crippen molar-refractivity contribution in [1.82, 2.24) is 4.90 Å². The summed E-state index contributed by atoms with van der Waals surface area (Å²) in [6, 6.07) is 5.88. The summed E-state index contributed by atoms with van der Waals surface area (Å²) in [7, 11) is 0. The first-order valence-corrected chi connectivity index (χ1v) is 6.23. The third-order valence-electron chi connectivity index (χ3n) is 2.76. The fourth-order valence-corrected chi connectivity index (χ4v) is 1.64. The summed E-state index contributed by atoms with van der Waals surface area (Å²) < 4.78 is 5.45. The Morgan fingerprint density at radius 3 is 2.45 bits per heavy atom. The number of benzene rings is 1. The van der Waals surface area contributed by atoms with Gasteiger partial charge in [0.1, 0.15) is 12.4 Å². The number of nitro groups is 1. The molecule has 20 heavy (non-hydrogen) atoms. The maximum atomic E-state index is 10.7. The molecule has 0 unspecified atom stereocenters. The van der Waals surface area contributed by atoms with Gasteiger partial charge in [-0.05, 0) is 26.0 Å². The number of ether oxygens (including phenoxy) is 1. The van der Waals surface area contributed by atoms with Crippen molar-refractivity contribution in [3.05, 3.63) is 34.4 Å². The molecule has 1 aromatic rings. The van der Waals surface area contributed by atoms with Crippen LogP contribution >= 0.6 is 0 Å². The van der Waals surface area contributed by atoms with E-state index < -0.39 is 10.9 Å². The number of carboxylic acids is 1. The van der Waals surface area contributed by atoms with Gasteiger partial charge in [0.25, 0.3) is 5.69 Å². The first kappa shape index (κ1) is 15.9. The lowest BCUT2D eigenvalue weighted by Crippen LogP contribution is -2.38. The minimum absolute atomic E-state index is 0.00651. The molecule has 0 aromatic heterocycles. The summed E-state index contributed by atoms with van der Waals surface area (Å²) in [6.07, 6.45) is 0. The van der Waals surface area contributed by atoms with E-state index in [1.165, 1.54) is 24.3 Å². The molecule has 0 aliphatic rings. The monoisotopic (exact) mass is 282 g/mol. The van der Waals surface area contributed by atoms with Gasteiger partial charge in [-0.25, -0.2) is 0 Å². The number of carbonyl (C=O) groups is 1. The van der Waals surface area contributed by atoms with Crippen molar-refractivity contribution in [2.45, 2.75) is 19.9 Å². The smallest absolute Gasteiger partial charge is 0.317 e. The number of nitrogens with zero attached hydrogens (tertiary/aromatic N) is 2. The van der Waals surface area contributed by atoms with E-state index in [0.29, 0.717) is 18.9 Å². The van der Waals surface area contributed by atoms with Gasteiger partial charge in [-0.3, -0.25) is 19.8 Å². The highest BCUT2D eigenvalue weighted by Crippen LogP contribution is 2.17. The lowest BCUT2D eigenvalue weighted by Gasteiger charge is -2.24. The predicted octanol–water partition coefficient (Wildman–Crippen LogP) is 1.77. The topological polar surface area (TPSA) is 92.9 Å². The van der Waals surface area contributed by atoms with Crippen LogP contribution in [0.1, 0.15) is 13.8 Å². The van der Waals surface area contributed by atoms with Gasteiger partial charge in [-0.15, -0.1) is 0 Å². The van der Waals surface area contributed by atoms with E-state index in [1.54, 1.807) is 4.90 Å². The second-order valence-corrected chi connectivity index (χ2v) is 4.56. The van der Waals surface area contributed by atoms with Crippen molar-refractivity contribution in [2.75, 3.05) is 19.7 Å². The van der Waals surface area contributed by atoms with E-state index in [-0.39, 0.29) is 18.3 Å². The van der Waals surface area contributed by atoms with Crippen molar-refractivity contribution in [3.63, 3.8) is 0 Å². The second kappa shape index (κ2) is 7.44. The van der Waals surface area contributed by atoms with Gasteiger partial charge in [-0.1, -0.05) is 0 Å². The SMILES string of the molecule is CC(C)N(CCOc1ccc([N+](=O)[O-])cc1)CC(=O)O. The Kier molecular flexibility index (Phi) is 5.92. The van der Waals surface area contributed by atoms with Gasteiger partial charge in [0.05, 0.1) is 11.5 Å². The third-order valence-corrected chi connectivity index (χ3v) is 2.76. The van der Waals surface area contributed by atoms with Crippen LogP contribution in [0.25, 0.3) is 0 Å². The maximum absolute atomic E-state index is 10.7. The van der Waals surface area contributed by atoms with Crippen molar-refractivity contribution < 1.29 is 19.6 Å². The van der Waals surface area contributed by atoms with E-state index in [1.807, 2.05) is 13.8 Å². The van der Waals surface area contributed by atoms with Gasteiger partial charge in [0.2, 0.25) is 0 Å². The Bertz CT molecular complexity index is 458. The molecule has 7 heteroatoms. The fourth-order valence-electron chi connectivity index (χ4n) is 1.64. The average Bonchev–Trinajstić information content (AvgIpc) is 2.37. The molecular formula is C13H18N2O5. The molecule has 0 spiro atoms. The summed E-state index contributed by atoms with van der Waals surface area (Å²) in [5.74, 6) is -0.358. The molecule has 0 aliphatic carbocycles. The van der Waals surface area contributed by atoms with Crippen LogP contribution in [0.15, 0.2) is 24.3 Å². The van der Waals surface area contributed by atoms with Gasteiger partial charge < -0.3 is 9.84 Å². The zero-order chi connectivity index (χ0) is 15.1. The van der Waals surface area contributed by atoms with Crippen molar-refractivity contribution in [2.24, 2.45) is 0 Å². The van der Waals surface area contributed by atoms with Crippen molar-refractivity contribution >= 4 is 11.7 Å². The van der Waals surface area contributed by atoms with Crippen LogP contribution in [0.3, 0.4) is 0 Å².